The second-order valence-corrected chi connectivity index (χ2v) is 7.92. The Bertz CT molecular complexity index is 756. The lowest BCUT2D eigenvalue weighted by molar-refractivity contribution is -0.149. The van der Waals surface area contributed by atoms with E-state index in [1.807, 2.05) is 30.3 Å². The van der Waals surface area contributed by atoms with Crippen molar-refractivity contribution in [1.82, 2.24) is 10.6 Å². The zero-order valence-corrected chi connectivity index (χ0v) is 16.5. The number of carboxylic acids is 1. The summed E-state index contributed by atoms with van der Waals surface area (Å²) in [6, 6.07) is 9.38. The van der Waals surface area contributed by atoms with Gasteiger partial charge in [0.25, 0.3) is 0 Å². The molecular formula is C23H30N2O3. The molecule has 0 aromatic heterocycles. The summed E-state index contributed by atoms with van der Waals surface area (Å²) in [5.74, 6) is -0.102. The summed E-state index contributed by atoms with van der Waals surface area (Å²) in [5.41, 5.74) is 0.954. The van der Waals surface area contributed by atoms with Gasteiger partial charge < -0.3 is 10.4 Å². The molecule has 3 N–H and O–H groups in total. The summed E-state index contributed by atoms with van der Waals surface area (Å²) >= 11 is 0. The molecular weight excluding hydrogens is 352 g/mol. The summed E-state index contributed by atoms with van der Waals surface area (Å²) in [5, 5.41) is 15.6. The standard InChI is InChI=1S/C23H30N2O3/c1-17(26)25-23(22(27)28,16-18-8-4-2-5-9-18)24-13-7-3-6-10-20-14-19-11-12-21(20)15-19/h2,4-5,8-9,11-12,14,19,21,24H,3,6-7,10,13,15-16H2,1H3,(H,25,26)(H,27,28)/t19?,21?,23-/m1/s1. The van der Waals surface area contributed by atoms with Crippen molar-refractivity contribution in [2.45, 2.75) is 51.1 Å². The molecule has 0 radical (unpaired) electrons. The van der Waals surface area contributed by atoms with Gasteiger partial charge in [-0.3, -0.25) is 10.1 Å². The molecule has 28 heavy (non-hydrogen) atoms. The minimum atomic E-state index is -1.48. The predicted octanol–water partition coefficient (Wildman–Crippen LogP) is 3.43. The van der Waals surface area contributed by atoms with Crippen LogP contribution >= 0.6 is 0 Å². The lowest BCUT2D eigenvalue weighted by Gasteiger charge is -2.31. The van der Waals surface area contributed by atoms with Crippen molar-refractivity contribution in [1.29, 1.82) is 0 Å². The maximum absolute atomic E-state index is 12.0. The number of hydrogen-bond donors (Lipinski definition) is 3. The lowest BCUT2D eigenvalue weighted by atomic mass is 9.97. The number of allylic oxidation sites excluding steroid dienone is 4. The maximum atomic E-state index is 12.0. The van der Waals surface area contributed by atoms with E-state index in [4.69, 9.17) is 0 Å². The lowest BCUT2D eigenvalue weighted by Crippen LogP contribution is -2.65. The number of amides is 1. The molecule has 0 spiro atoms. The van der Waals surface area contributed by atoms with Crippen LogP contribution in [0.15, 0.2) is 54.1 Å². The summed E-state index contributed by atoms with van der Waals surface area (Å²) < 4.78 is 0. The molecule has 3 rings (SSSR count). The summed E-state index contributed by atoms with van der Waals surface area (Å²) in [6.07, 6.45) is 12.7. The summed E-state index contributed by atoms with van der Waals surface area (Å²) in [4.78, 5) is 23.7. The van der Waals surface area contributed by atoms with Crippen LogP contribution in [0.2, 0.25) is 0 Å². The number of nitrogens with one attached hydrogen (secondary N) is 2. The Balaban J connectivity index is 1.48. The Morgan fingerprint density at radius 1 is 1.14 bits per heavy atom. The highest BCUT2D eigenvalue weighted by molar-refractivity contribution is 5.85. The Hall–Kier alpha value is -2.40. The fraction of sp³-hybridized carbons (Fsp3) is 0.478. The zero-order chi connectivity index (χ0) is 20.0. The van der Waals surface area contributed by atoms with Crippen molar-refractivity contribution in [3.05, 3.63) is 59.7 Å². The number of carbonyl (C=O) groups excluding carboxylic acids is 1. The first-order valence-electron chi connectivity index (χ1n) is 10.2. The second kappa shape index (κ2) is 9.20. The first-order chi connectivity index (χ1) is 13.5. The first kappa shape index (κ1) is 20.3. The molecule has 1 aromatic carbocycles. The fourth-order valence-corrected chi connectivity index (χ4v) is 4.28. The Kier molecular flexibility index (Phi) is 6.68. The smallest absolute Gasteiger partial charge is 0.345 e. The average Bonchev–Trinajstić information content (AvgIpc) is 3.27. The fourth-order valence-electron chi connectivity index (χ4n) is 4.28. The monoisotopic (exact) mass is 382 g/mol. The quantitative estimate of drug-likeness (QED) is 0.311. The van der Waals surface area contributed by atoms with Gasteiger partial charge in [0.15, 0.2) is 5.66 Å². The van der Waals surface area contributed by atoms with Crippen LogP contribution < -0.4 is 10.6 Å². The van der Waals surface area contributed by atoms with Crippen LogP contribution in [0.4, 0.5) is 0 Å². The summed E-state index contributed by atoms with van der Waals surface area (Å²) in [6.45, 7) is 1.90. The van der Waals surface area contributed by atoms with E-state index in [1.165, 1.54) is 13.3 Å². The van der Waals surface area contributed by atoms with E-state index in [-0.39, 0.29) is 12.3 Å². The van der Waals surface area contributed by atoms with Crippen LogP contribution in [0.1, 0.15) is 44.6 Å². The molecule has 5 nitrogen and oxygen atoms in total. The van der Waals surface area contributed by atoms with Crippen molar-refractivity contribution in [3.8, 4) is 0 Å². The van der Waals surface area contributed by atoms with Crippen LogP contribution in [0.5, 0.6) is 0 Å². The molecule has 0 saturated heterocycles. The van der Waals surface area contributed by atoms with Gasteiger partial charge in [-0.2, -0.15) is 0 Å². The normalized spacial score (nSPS) is 22.0. The van der Waals surface area contributed by atoms with Crippen LogP contribution in [-0.2, 0) is 16.0 Å². The molecule has 2 aliphatic carbocycles. The van der Waals surface area contributed by atoms with E-state index in [9.17, 15) is 14.7 Å². The molecule has 150 valence electrons. The van der Waals surface area contributed by atoms with E-state index in [0.717, 1.165) is 31.2 Å². The number of carboxylic acid groups (broad SMARTS) is 1. The Morgan fingerprint density at radius 2 is 1.93 bits per heavy atom. The average molecular weight is 383 g/mol. The van der Waals surface area contributed by atoms with Gasteiger partial charge in [-0.15, -0.1) is 0 Å². The van der Waals surface area contributed by atoms with Crippen LogP contribution in [-0.4, -0.2) is 29.2 Å². The largest absolute Gasteiger partial charge is 0.478 e. The van der Waals surface area contributed by atoms with Crippen LogP contribution in [0.3, 0.4) is 0 Å². The van der Waals surface area contributed by atoms with Gasteiger partial charge in [0, 0.05) is 13.3 Å². The van der Waals surface area contributed by atoms with Crippen LogP contribution in [0.25, 0.3) is 0 Å². The van der Waals surface area contributed by atoms with E-state index in [1.54, 1.807) is 5.57 Å². The maximum Gasteiger partial charge on any atom is 0.345 e. The van der Waals surface area contributed by atoms with E-state index < -0.39 is 11.6 Å². The van der Waals surface area contributed by atoms with Gasteiger partial charge >= 0.3 is 5.97 Å². The van der Waals surface area contributed by atoms with Gasteiger partial charge in [-0.1, -0.05) is 60.6 Å². The highest BCUT2D eigenvalue weighted by Gasteiger charge is 2.39. The SMILES string of the molecule is CC(=O)N[C@@](Cc1ccccc1)(NCCCCCC1=CC2C=CC1C2)C(=O)O. The molecule has 0 saturated carbocycles. The highest BCUT2D eigenvalue weighted by atomic mass is 16.4. The van der Waals surface area contributed by atoms with Gasteiger partial charge in [0.05, 0.1) is 0 Å². The van der Waals surface area contributed by atoms with E-state index >= 15 is 0 Å². The van der Waals surface area contributed by atoms with E-state index in [0.29, 0.717) is 18.4 Å². The molecule has 1 amide bonds. The third kappa shape index (κ3) is 5.10. The first-order valence-corrected chi connectivity index (χ1v) is 10.2. The minimum Gasteiger partial charge on any atom is -0.478 e. The third-order valence-corrected chi connectivity index (χ3v) is 5.66. The second-order valence-electron chi connectivity index (χ2n) is 7.92. The molecule has 3 atom stereocenters. The van der Waals surface area contributed by atoms with Crippen molar-refractivity contribution >= 4 is 11.9 Å². The molecule has 1 aromatic rings. The van der Waals surface area contributed by atoms with Crippen LogP contribution in [0, 0.1) is 11.8 Å². The summed E-state index contributed by atoms with van der Waals surface area (Å²) in [7, 11) is 0. The molecule has 2 bridgehead atoms. The van der Waals surface area contributed by atoms with Crippen molar-refractivity contribution < 1.29 is 14.7 Å². The van der Waals surface area contributed by atoms with Crippen molar-refractivity contribution in [3.63, 3.8) is 0 Å². The molecule has 0 fully saturated rings. The number of unbranched alkanes of at least 4 members (excludes halogenated alkanes) is 2. The molecule has 5 heteroatoms. The molecule has 0 aliphatic heterocycles. The van der Waals surface area contributed by atoms with Gasteiger partial charge in [0.2, 0.25) is 5.91 Å². The number of fused-ring (bicyclic) bond motifs is 2. The zero-order valence-electron chi connectivity index (χ0n) is 16.5. The highest BCUT2D eigenvalue weighted by Crippen LogP contribution is 2.40. The van der Waals surface area contributed by atoms with Gasteiger partial charge in [-0.05, 0) is 49.6 Å². The molecule has 2 unspecified atom stereocenters. The van der Waals surface area contributed by atoms with Gasteiger partial charge in [0.1, 0.15) is 0 Å². The molecule has 2 aliphatic rings. The van der Waals surface area contributed by atoms with Crippen molar-refractivity contribution in [2.75, 3.05) is 6.54 Å². The number of hydrogen-bond acceptors (Lipinski definition) is 3. The Labute approximate surface area is 166 Å². The van der Waals surface area contributed by atoms with Gasteiger partial charge in [-0.25, -0.2) is 4.79 Å². The number of carbonyl (C=O) groups is 2. The minimum absolute atomic E-state index is 0.199. The van der Waals surface area contributed by atoms with Crippen molar-refractivity contribution in [2.24, 2.45) is 11.8 Å². The molecule has 0 heterocycles. The number of benzene rings is 1. The third-order valence-electron chi connectivity index (χ3n) is 5.66. The number of aliphatic carboxylic acids is 1. The van der Waals surface area contributed by atoms with E-state index in [2.05, 4.69) is 28.9 Å². The number of rotatable bonds is 11. The topological polar surface area (TPSA) is 78.4 Å². The Morgan fingerprint density at radius 3 is 2.54 bits per heavy atom. The predicted molar refractivity (Wildman–Crippen MR) is 110 cm³/mol.